The number of benzene rings is 2. The zero-order valence-corrected chi connectivity index (χ0v) is 15.5. The number of aryl methyl sites for hydroxylation is 2. The molecule has 0 spiro atoms. The van der Waals surface area contributed by atoms with Gasteiger partial charge in [0.1, 0.15) is 0 Å². The maximum Gasteiger partial charge on any atom is 0.0682 e. The van der Waals surface area contributed by atoms with E-state index in [1.54, 1.807) is 0 Å². The van der Waals surface area contributed by atoms with Gasteiger partial charge in [0.25, 0.3) is 0 Å². The van der Waals surface area contributed by atoms with E-state index in [0.717, 1.165) is 25.3 Å². The monoisotopic (exact) mass is 346 g/mol. The number of hydrogen-bond acceptors (Lipinski definition) is 3. The van der Waals surface area contributed by atoms with Gasteiger partial charge in [0, 0.05) is 50.4 Å². The summed E-state index contributed by atoms with van der Waals surface area (Å²) >= 11 is 0. The van der Waals surface area contributed by atoms with E-state index < -0.39 is 0 Å². The SMILES string of the molecule is Cc1ccc(CN2C[C@@H](N)[C@H](c3ccccc3)C2)c(-c2ccnn2C)c1. The molecule has 0 amide bonds. The van der Waals surface area contributed by atoms with Crippen LogP contribution in [0.4, 0.5) is 0 Å². The van der Waals surface area contributed by atoms with Crippen LogP contribution in [-0.4, -0.2) is 33.8 Å². The maximum atomic E-state index is 6.48. The van der Waals surface area contributed by atoms with Crippen LogP contribution in [0, 0.1) is 6.92 Å². The van der Waals surface area contributed by atoms with Crippen LogP contribution in [0.5, 0.6) is 0 Å². The third-order valence-electron chi connectivity index (χ3n) is 5.42. The van der Waals surface area contributed by atoms with E-state index in [2.05, 4.69) is 71.5 Å². The third kappa shape index (κ3) is 3.30. The Balaban J connectivity index is 1.58. The van der Waals surface area contributed by atoms with E-state index in [1.807, 2.05) is 17.9 Å². The molecule has 0 aliphatic carbocycles. The molecule has 0 radical (unpaired) electrons. The Morgan fingerprint density at radius 2 is 1.88 bits per heavy atom. The molecule has 134 valence electrons. The maximum absolute atomic E-state index is 6.48. The fraction of sp³-hybridized carbons (Fsp3) is 0.318. The molecule has 0 unspecified atom stereocenters. The van der Waals surface area contributed by atoms with Crippen molar-refractivity contribution in [3.63, 3.8) is 0 Å². The molecule has 1 saturated heterocycles. The van der Waals surface area contributed by atoms with E-state index in [0.29, 0.717) is 5.92 Å². The van der Waals surface area contributed by atoms with Crippen LogP contribution in [0.25, 0.3) is 11.3 Å². The number of aromatic nitrogens is 2. The van der Waals surface area contributed by atoms with Crippen LogP contribution in [-0.2, 0) is 13.6 Å². The normalized spacial score (nSPS) is 20.6. The van der Waals surface area contributed by atoms with Gasteiger partial charge in [-0.3, -0.25) is 9.58 Å². The second-order valence-corrected chi connectivity index (χ2v) is 7.38. The Morgan fingerprint density at radius 1 is 1.08 bits per heavy atom. The van der Waals surface area contributed by atoms with Gasteiger partial charge < -0.3 is 5.73 Å². The molecule has 1 fully saturated rings. The Bertz CT molecular complexity index is 884. The molecular formula is C22H26N4. The minimum atomic E-state index is 0.183. The minimum absolute atomic E-state index is 0.183. The van der Waals surface area contributed by atoms with Gasteiger partial charge in [0.05, 0.1) is 5.69 Å². The highest BCUT2D eigenvalue weighted by molar-refractivity contribution is 5.64. The van der Waals surface area contributed by atoms with Crippen molar-refractivity contribution in [2.75, 3.05) is 13.1 Å². The molecule has 0 bridgehead atoms. The highest BCUT2D eigenvalue weighted by atomic mass is 15.3. The lowest BCUT2D eigenvalue weighted by atomic mass is 9.95. The smallest absolute Gasteiger partial charge is 0.0682 e. The van der Waals surface area contributed by atoms with Gasteiger partial charge in [-0.05, 0) is 30.2 Å². The Hall–Kier alpha value is -2.43. The summed E-state index contributed by atoms with van der Waals surface area (Å²) in [5.41, 5.74) is 12.9. The Kier molecular flexibility index (Phi) is 4.62. The molecule has 3 aromatic rings. The molecule has 0 saturated carbocycles. The first-order valence-electron chi connectivity index (χ1n) is 9.22. The molecule has 1 aromatic heterocycles. The number of hydrogen-bond donors (Lipinski definition) is 1. The Morgan fingerprint density at radius 3 is 2.62 bits per heavy atom. The van der Waals surface area contributed by atoms with Crippen molar-refractivity contribution in [2.24, 2.45) is 12.8 Å². The lowest BCUT2D eigenvalue weighted by molar-refractivity contribution is 0.324. The van der Waals surface area contributed by atoms with Crippen molar-refractivity contribution in [1.29, 1.82) is 0 Å². The molecule has 1 aliphatic rings. The summed E-state index contributed by atoms with van der Waals surface area (Å²) in [7, 11) is 2.00. The summed E-state index contributed by atoms with van der Waals surface area (Å²) in [5.74, 6) is 0.404. The zero-order valence-electron chi connectivity index (χ0n) is 15.5. The largest absolute Gasteiger partial charge is 0.326 e. The molecule has 2 heterocycles. The number of nitrogens with two attached hydrogens (primary N) is 1. The summed E-state index contributed by atoms with van der Waals surface area (Å²) in [4.78, 5) is 2.48. The summed E-state index contributed by atoms with van der Waals surface area (Å²) in [6.07, 6.45) is 1.86. The molecule has 26 heavy (non-hydrogen) atoms. The quantitative estimate of drug-likeness (QED) is 0.788. The fourth-order valence-corrected chi connectivity index (χ4v) is 4.04. The summed E-state index contributed by atoms with van der Waals surface area (Å²) < 4.78 is 1.95. The third-order valence-corrected chi connectivity index (χ3v) is 5.42. The first-order chi connectivity index (χ1) is 12.6. The average Bonchev–Trinajstić information content (AvgIpc) is 3.23. The lowest BCUT2D eigenvalue weighted by Crippen LogP contribution is -2.28. The van der Waals surface area contributed by atoms with Crippen LogP contribution < -0.4 is 5.73 Å². The van der Waals surface area contributed by atoms with Crippen molar-refractivity contribution < 1.29 is 0 Å². The number of nitrogens with zero attached hydrogens (tertiary/aromatic N) is 3. The molecule has 2 aromatic carbocycles. The van der Waals surface area contributed by atoms with Gasteiger partial charge in [-0.1, -0.05) is 48.0 Å². The highest BCUT2D eigenvalue weighted by Gasteiger charge is 2.31. The molecule has 2 atom stereocenters. The van der Waals surface area contributed by atoms with Gasteiger partial charge in [0.15, 0.2) is 0 Å². The zero-order chi connectivity index (χ0) is 18.1. The second-order valence-electron chi connectivity index (χ2n) is 7.38. The summed E-state index contributed by atoms with van der Waals surface area (Å²) in [5, 5.41) is 4.34. The van der Waals surface area contributed by atoms with Gasteiger partial charge >= 0.3 is 0 Å². The van der Waals surface area contributed by atoms with Gasteiger partial charge in [-0.15, -0.1) is 0 Å². The fourth-order valence-electron chi connectivity index (χ4n) is 4.04. The second kappa shape index (κ2) is 7.06. The minimum Gasteiger partial charge on any atom is -0.326 e. The lowest BCUT2D eigenvalue weighted by Gasteiger charge is -2.19. The van der Waals surface area contributed by atoms with Crippen LogP contribution in [0.1, 0.15) is 22.6 Å². The standard InChI is InChI=1S/C22H26N4/c1-16-8-9-18(19(12-16)22-10-11-24-25(22)2)13-26-14-20(21(23)15-26)17-6-4-3-5-7-17/h3-12,20-21H,13-15,23H2,1-2H3/t20-,21+/m0/s1. The molecule has 2 N–H and O–H groups in total. The molecule has 4 heteroatoms. The van der Waals surface area contributed by atoms with Crippen molar-refractivity contribution in [1.82, 2.24) is 14.7 Å². The van der Waals surface area contributed by atoms with Crippen LogP contribution in [0.2, 0.25) is 0 Å². The van der Waals surface area contributed by atoms with Gasteiger partial charge in [-0.2, -0.15) is 5.10 Å². The molecule has 4 rings (SSSR count). The van der Waals surface area contributed by atoms with Crippen LogP contribution in [0.15, 0.2) is 60.8 Å². The van der Waals surface area contributed by atoms with E-state index in [1.165, 1.54) is 22.3 Å². The van der Waals surface area contributed by atoms with Crippen LogP contribution >= 0.6 is 0 Å². The van der Waals surface area contributed by atoms with Gasteiger partial charge in [0.2, 0.25) is 0 Å². The predicted octanol–water partition coefficient (Wildman–Crippen LogP) is 3.32. The molecular weight excluding hydrogens is 320 g/mol. The van der Waals surface area contributed by atoms with Crippen molar-refractivity contribution in [2.45, 2.75) is 25.4 Å². The molecule has 1 aliphatic heterocycles. The van der Waals surface area contributed by atoms with Crippen molar-refractivity contribution in [3.05, 3.63) is 77.5 Å². The Labute approximate surface area is 155 Å². The summed E-state index contributed by atoms with van der Waals surface area (Å²) in [6, 6.07) is 19.6. The van der Waals surface area contributed by atoms with E-state index in [9.17, 15) is 0 Å². The highest BCUT2D eigenvalue weighted by Crippen LogP contribution is 2.30. The average molecular weight is 346 g/mol. The van der Waals surface area contributed by atoms with Crippen molar-refractivity contribution in [3.8, 4) is 11.3 Å². The topological polar surface area (TPSA) is 47.1 Å². The predicted molar refractivity (Wildman–Crippen MR) is 106 cm³/mol. The first-order valence-corrected chi connectivity index (χ1v) is 9.22. The van der Waals surface area contributed by atoms with E-state index in [-0.39, 0.29) is 6.04 Å². The van der Waals surface area contributed by atoms with Crippen molar-refractivity contribution >= 4 is 0 Å². The molecule has 4 nitrogen and oxygen atoms in total. The van der Waals surface area contributed by atoms with E-state index >= 15 is 0 Å². The number of likely N-dealkylation sites (tertiary alicyclic amines) is 1. The van der Waals surface area contributed by atoms with E-state index in [4.69, 9.17) is 5.73 Å². The number of rotatable bonds is 4. The van der Waals surface area contributed by atoms with Gasteiger partial charge in [-0.25, -0.2) is 0 Å². The van der Waals surface area contributed by atoms with Crippen LogP contribution in [0.3, 0.4) is 0 Å². The first kappa shape index (κ1) is 17.0. The summed E-state index contributed by atoms with van der Waals surface area (Å²) in [6.45, 7) is 4.99.